The number of aromatic hydroxyl groups is 2. The molecule has 5 N–H and O–H groups in total. The molecular weight excluding hydrogens is 352 g/mol. The number of rotatable bonds is 3. The molecule has 0 aliphatic heterocycles. The fourth-order valence-corrected chi connectivity index (χ4v) is 2.67. The van der Waals surface area contributed by atoms with Gasteiger partial charge < -0.3 is 21.1 Å². The second-order valence-corrected chi connectivity index (χ2v) is 5.63. The van der Waals surface area contributed by atoms with Crippen molar-refractivity contribution in [1.82, 2.24) is 4.98 Å². The number of aliphatic carboxylic acids is 1. The van der Waals surface area contributed by atoms with E-state index in [1.807, 2.05) is 0 Å². The summed E-state index contributed by atoms with van der Waals surface area (Å²) in [6, 6.07) is 2.00. The van der Waals surface area contributed by atoms with E-state index in [1.54, 1.807) is 0 Å². The van der Waals surface area contributed by atoms with Gasteiger partial charge in [-0.2, -0.15) is 0 Å². The van der Waals surface area contributed by atoms with Gasteiger partial charge in [-0.1, -0.05) is 0 Å². The second-order valence-electron chi connectivity index (χ2n) is 3.88. The number of phenols is 2. The molecule has 1 heterocycles. The van der Waals surface area contributed by atoms with Crippen molar-refractivity contribution in [1.29, 1.82) is 0 Å². The van der Waals surface area contributed by atoms with Crippen LogP contribution in [-0.2, 0) is 15.5 Å². The Morgan fingerprint density at radius 3 is 2.50 bits per heavy atom. The van der Waals surface area contributed by atoms with Crippen LogP contribution in [0.2, 0.25) is 0 Å². The van der Waals surface area contributed by atoms with Gasteiger partial charge in [0.25, 0.3) is 5.60 Å². The topological polar surface area (TPSA) is 137 Å². The number of carboxylic acids is 1. The van der Waals surface area contributed by atoms with Gasteiger partial charge in [0, 0.05) is 10.9 Å². The average Bonchev–Trinajstić information content (AvgIpc) is 2.81. The molecule has 0 spiro atoms. The number of nitrogens with zero attached hydrogens (tertiary/aromatic N) is 1. The zero-order chi connectivity index (χ0) is 15.1. The number of nitrogen functional groups attached to an aromatic ring is 1. The summed E-state index contributed by atoms with van der Waals surface area (Å²) >= 11 is 3.87. The lowest BCUT2D eigenvalue weighted by Crippen LogP contribution is -2.35. The highest BCUT2D eigenvalue weighted by molar-refractivity contribution is 9.10. The number of halogens is 1. The first-order valence-corrected chi connectivity index (χ1v) is 6.81. The lowest BCUT2D eigenvalue weighted by molar-refractivity contribution is -0.162. The molecule has 1 unspecified atom stereocenters. The van der Waals surface area contributed by atoms with Crippen LogP contribution in [0.3, 0.4) is 0 Å². The zero-order valence-corrected chi connectivity index (χ0v) is 12.1. The van der Waals surface area contributed by atoms with Crippen LogP contribution < -0.4 is 5.73 Å². The number of carboxylic acid groups (broad SMARTS) is 1. The number of hydrogen-bond donors (Lipinski definition) is 4. The number of carbonyl (C=O) groups is 1. The van der Waals surface area contributed by atoms with Gasteiger partial charge in [0.2, 0.25) is 0 Å². The molecule has 0 saturated carbocycles. The third-order valence-electron chi connectivity index (χ3n) is 2.63. The Bertz CT molecular complexity index is 666. The first-order valence-electron chi connectivity index (χ1n) is 5.14. The number of aromatic nitrogens is 1. The maximum Gasteiger partial charge on any atom is 0.350 e. The van der Waals surface area contributed by atoms with E-state index in [2.05, 4.69) is 20.9 Å². The van der Waals surface area contributed by atoms with Crippen LogP contribution in [0.5, 0.6) is 11.5 Å². The van der Waals surface area contributed by atoms with Crippen LogP contribution in [0.1, 0.15) is 11.3 Å². The Balaban J connectivity index is 2.68. The first-order chi connectivity index (χ1) is 9.26. The Morgan fingerprint density at radius 1 is 1.40 bits per heavy atom. The van der Waals surface area contributed by atoms with Crippen LogP contribution >= 0.6 is 27.3 Å². The van der Waals surface area contributed by atoms with E-state index in [-0.39, 0.29) is 20.9 Å². The number of nitrogens with two attached hydrogens (primary N) is 1. The number of phenolic OH excluding ortho intramolecular Hbond substituents is 2. The van der Waals surface area contributed by atoms with Crippen molar-refractivity contribution in [3.05, 3.63) is 33.2 Å². The van der Waals surface area contributed by atoms with E-state index < -0.39 is 23.1 Å². The van der Waals surface area contributed by atoms with Crippen molar-refractivity contribution in [2.24, 2.45) is 0 Å². The molecule has 0 aliphatic carbocycles. The lowest BCUT2D eigenvalue weighted by atomic mass is 9.91. The van der Waals surface area contributed by atoms with Crippen molar-refractivity contribution in [2.75, 3.05) is 5.73 Å². The monoisotopic (exact) mass is 359 g/mol. The van der Waals surface area contributed by atoms with E-state index >= 15 is 0 Å². The Hall–Kier alpha value is -1.84. The maximum atomic E-state index is 12.7. The number of hydrogen-bond acceptors (Lipinski definition) is 6. The molecule has 0 saturated heterocycles. The summed E-state index contributed by atoms with van der Waals surface area (Å²) in [5.41, 5.74) is 2.11. The molecular formula is C11H8BrN2O5S. The standard InChI is InChI=1S/C11H8BrN2O5S/c12-5-1-4(2-6(15)8(5)16)11(19,9(17)18)7-3-20-10(13)14-7/h1-3,15-16H,(H2,13,14)(H,17,18). The highest BCUT2D eigenvalue weighted by atomic mass is 79.9. The van der Waals surface area contributed by atoms with Crippen molar-refractivity contribution in [3.8, 4) is 11.5 Å². The van der Waals surface area contributed by atoms with Gasteiger partial charge in [0.15, 0.2) is 16.6 Å². The molecule has 20 heavy (non-hydrogen) atoms. The molecule has 1 aromatic heterocycles. The van der Waals surface area contributed by atoms with Crippen molar-refractivity contribution in [2.45, 2.75) is 5.60 Å². The fourth-order valence-electron chi connectivity index (χ4n) is 1.62. The molecule has 0 amide bonds. The van der Waals surface area contributed by atoms with E-state index in [0.717, 1.165) is 23.5 Å². The predicted molar refractivity (Wildman–Crippen MR) is 73.1 cm³/mol. The molecule has 2 aromatic rings. The van der Waals surface area contributed by atoms with E-state index in [9.17, 15) is 25.2 Å². The quantitative estimate of drug-likeness (QED) is 0.615. The lowest BCUT2D eigenvalue weighted by Gasteiger charge is -2.20. The van der Waals surface area contributed by atoms with Crippen LogP contribution in [0.4, 0.5) is 5.13 Å². The van der Waals surface area contributed by atoms with Gasteiger partial charge in [-0.25, -0.2) is 14.9 Å². The smallest absolute Gasteiger partial charge is 0.350 e. The minimum absolute atomic E-state index is 0.00261. The molecule has 7 nitrogen and oxygen atoms in total. The number of thiazole rings is 1. The summed E-state index contributed by atoms with van der Waals surface area (Å²) in [7, 11) is 0. The minimum Gasteiger partial charge on any atom is -0.504 e. The summed E-state index contributed by atoms with van der Waals surface area (Å²) in [6.45, 7) is 0. The van der Waals surface area contributed by atoms with Crippen molar-refractivity contribution >= 4 is 38.4 Å². The van der Waals surface area contributed by atoms with Gasteiger partial charge >= 0.3 is 5.97 Å². The molecule has 0 bridgehead atoms. The van der Waals surface area contributed by atoms with Crippen LogP contribution in [-0.4, -0.2) is 26.3 Å². The predicted octanol–water partition coefficient (Wildman–Crippen LogP) is 1.66. The zero-order valence-electron chi connectivity index (χ0n) is 9.70. The van der Waals surface area contributed by atoms with E-state index in [1.165, 1.54) is 5.38 Å². The minimum atomic E-state index is -2.73. The summed E-state index contributed by atoms with van der Waals surface area (Å²) in [4.78, 5) is 15.1. The van der Waals surface area contributed by atoms with Gasteiger partial charge in [0.1, 0.15) is 5.69 Å². The van der Waals surface area contributed by atoms with Gasteiger partial charge in [-0.15, -0.1) is 11.3 Å². The van der Waals surface area contributed by atoms with Crippen LogP contribution in [0.15, 0.2) is 22.0 Å². The second kappa shape index (κ2) is 4.93. The molecule has 105 valence electrons. The van der Waals surface area contributed by atoms with E-state index in [0.29, 0.717) is 0 Å². The molecule has 0 fully saturated rings. The highest BCUT2D eigenvalue weighted by Gasteiger charge is 2.45. The summed E-state index contributed by atoms with van der Waals surface area (Å²) < 4.78 is -0.00261. The van der Waals surface area contributed by atoms with Crippen molar-refractivity contribution < 1.29 is 25.2 Å². The van der Waals surface area contributed by atoms with Gasteiger partial charge in [-0.05, 0) is 28.1 Å². The summed E-state index contributed by atoms with van der Waals surface area (Å²) in [5.74, 6) is -2.79. The third-order valence-corrected chi connectivity index (χ3v) is 3.91. The molecule has 1 atom stereocenters. The number of benzene rings is 1. The molecule has 9 heteroatoms. The van der Waals surface area contributed by atoms with Crippen LogP contribution in [0.25, 0.3) is 0 Å². The molecule has 2 rings (SSSR count). The highest BCUT2D eigenvalue weighted by Crippen LogP contribution is 2.40. The third kappa shape index (κ3) is 2.19. The fraction of sp³-hybridized carbons (Fsp3) is 0.0909. The largest absolute Gasteiger partial charge is 0.504 e. The summed E-state index contributed by atoms with van der Waals surface area (Å²) in [6.07, 6.45) is 0. The van der Waals surface area contributed by atoms with Gasteiger partial charge in [-0.3, -0.25) is 0 Å². The Morgan fingerprint density at radius 2 is 2.05 bits per heavy atom. The van der Waals surface area contributed by atoms with Gasteiger partial charge in [0.05, 0.1) is 4.47 Å². The van der Waals surface area contributed by atoms with Crippen molar-refractivity contribution in [3.63, 3.8) is 0 Å². The normalized spacial score (nSPS) is 13.9. The Kier molecular flexibility index (Phi) is 3.59. The summed E-state index contributed by atoms with van der Waals surface area (Å²) in [5, 5.41) is 42.2. The van der Waals surface area contributed by atoms with Crippen LogP contribution in [0, 0.1) is 0 Å². The molecule has 1 radical (unpaired) electrons. The average molecular weight is 360 g/mol. The molecule has 0 aliphatic rings. The first kappa shape index (κ1) is 14.6. The SMILES string of the molecule is Nc1nc(C([O])(C(=O)O)c2cc(O)c(O)c(Br)c2)cs1. The molecule has 1 aromatic carbocycles. The maximum absolute atomic E-state index is 12.7. The Labute approximate surface area is 125 Å². The van der Waals surface area contributed by atoms with E-state index in [4.69, 9.17) is 5.73 Å². The number of anilines is 1.